The van der Waals surface area contributed by atoms with Gasteiger partial charge < -0.3 is 10.3 Å². The zero-order chi connectivity index (χ0) is 16.0. The van der Waals surface area contributed by atoms with Crippen LogP contribution in [0.1, 0.15) is 43.0 Å². The fourth-order valence-electron chi connectivity index (χ4n) is 2.97. The molecule has 122 valence electrons. The topological polar surface area (TPSA) is 74.8 Å². The predicted octanol–water partition coefficient (Wildman–Crippen LogP) is 2.62. The largest absolute Gasteiger partial charge is 0.352 e. The van der Waals surface area contributed by atoms with E-state index in [2.05, 4.69) is 15.3 Å². The lowest BCUT2D eigenvalue weighted by atomic mass is 9.97. The number of thioether (sulfide) groups is 1. The standard InChI is InChI=1S/C16H19N3O2S2/c1-8(13(20)17-9-6-7-9)22-16-18-14(21)12-10-4-2-3-5-11(10)23-15(12)19-16/h8-9H,2-7H2,1H3,(H,17,20)(H,18,19,21). The third-order valence-corrected chi connectivity index (χ3v) is 6.55. The number of rotatable bonds is 4. The third kappa shape index (κ3) is 3.04. The maximum atomic E-state index is 12.5. The molecule has 0 saturated heterocycles. The van der Waals surface area contributed by atoms with Crippen molar-refractivity contribution in [1.29, 1.82) is 0 Å². The van der Waals surface area contributed by atoms with Crippen molar-refractivity contribution in [2.45, 2.75) is 61.9 Å². The quantitative estimate of drug-likeness (QED) is 0.657. The molecule has 1 saturated carbocycles. The van der Waals surface area contributed by atoms with Crippen LogP contribution in [0.3, 0.4) is 0 Å². The molecular formula is C16H19N3O2S2. The molecule has 23 heavy (non-hydrogen) atoms. The van der Waals surface area contributed by atoms with Crippen LogP contribution < -0.4 is 10.9 Å². The monoisotopic (exact) mass is 349 g/mol. The first-order chi connectivity index (χ1) is 11.1. The van der Waals surface area contributed by atoms with Gasteiger partial charge in [-0.25, -0.2) is 4.98 Å². The number of H-pyrrole nitrogens is 1. The summed E-state index contributed by atoms with van der Waals surface area (Å²) >= 11 is 2.96. The molecule has 2 aromatic rings. The summed E-state index contributed by atoms with van der Waals surface area (Å²) < 4.78 is 0. The maximum absolute atomic E-state index is 12.5. The number of hydrogen-bond acceptors (Lipinski definition) is 5. The molecule has 0 radical (unpaired) electrons. The molecule has 0 spiro atoms. The van der Waals surface area contributed by atoms with Crippen LogP contribution >= 0.6 is 23.1 Å². The number of aryl methyl sites for hydroxylation is 2. The minimum absolute atomic E-state index is 0.0192. The smallest absolute Gasteiger partial charge is 0.260 e. The van der Waals surface area contributed by atoms with Crippen molar-refractivity contribution in [2.24, 2.45) is 0 Å². The molecule has 1 fully saturated rings. The molecule has 1 atom stereocenters. The Balaban J connectivity index is 1.60. The van der Waals surface area contributed by atoms with E-state index in [1.165, 1.54) is 28.6 Å². The van der Waals surface area contributed by atoms with E-state index < -0.39 is 0 Å². The molecule has 2 aliphatic carbocycles. The van der Waals surface area contributed by atoms with Crippen LogP contribution in [0.15, 0.2) is 9.95 Å². The van der Waals surface area contributed by atoms with Crippen LogP contribution in [-0.4, -0.2) is 27.2 Å². The molecule has 7 heteroatoms. The maximum Gasteiger partial charge on any atom is 0.260 e. The van der Waals surface area contributed by atoms with Crippen LogP contribution in [0.4, 0.5) is 0 Å². The van der Waals surface area contributed by atoms with Gasteiger partial charge in [0.25, 0.3) is 5.56 Å². The van der Waals surface area contributed by atoms with Gasteiger partial charge in [-0.15, -0.1) is 11.3 Å². The fourth-order valence-corrected chi connectivity index (χ4v) is 5.09. The number of nitrogens with one attached hydrogen (secondary N) is 2. The number of hydrogen-bond donors (Lipinski definition) is 2. The zero-order valence-corrected chi connectivity index (χ0v) is 14.6. The first-order valence-electron chi connectivity index (χ1n) is 8.13. The summed E-state index contributed by atoms with van der Waals surface area (Å²) in [6.45, 7) is 1.85. The van der Waals surface area contributed by atoms with Crippen LogP contribution in [0.2, 0.25) is 0 Å². The van der Waals surface area contributed by atoms with E-state index in [4.69, 9.17) is 0 Å². The van der Waals surface area contributed by atoms with Gasteiger partial charge in [0.2, 0.25) is 5.91 Å². The second-order valence-corrected chi connectivity index (χ2v) is 8.72. The lowest BCUT2D eigenvalue weighted by Gasteiger charge is -2.11. The van der Waals surface area contributed by atoms with Crippen LogP contribution in [0, 0.1) is 0 Å². The highest BCUT2D eigenvalue weighted by Crippen LogP contribution is 2.34. The zero-order valence-electron chi connectivity index (χ0n) is 13.0. The van der Waals surface area contributed by atoms with E-state index in [-0.39, 0.29) is 16.7 Å². The number of aromatic amines is 1. The molecule has 0 aromatic carbocycles. The average Bonchev–Trinajstić information content (AvgIpc) is 3.24. The fraction of sp³-hybridized carbons (Fsp3) is 0.562. The van der Waals surface area contributed by atoms with E-state index in [9.17, 15) is 9.59 Å². The Morgan fingerprint density at radius 2 is 2.17 bits per heavy atom. The Kier molecular flexibility index (Phi) is 3.93. The summed E-state index contributed by atoms with van der Waals surface area (Å²) in [6.07, 6.45) is 6.52. The number of carbonyl (C=O) groups excluding carboxylic acids is 1. The number of nitrogens with zero attached hydrogens (tertiary/aromatic N) is 1. The summed E-state index contributed by atoms with van der Waals surface area (Å²) in [5.41, 5.74) is 1.13. The minimum atomic E-state index is -0.259. The summed E-state index contributed by atoms with van der Waals surface area (Å²) in [5, 5.41) is 4.04. The van der Waals surface area contributed by atoms with Crippen molar-refractivity contribution in [2.75, 3.05) is 0 Å². The van der Waals surface area contributed by atoms with E-state index in [0.717, 1.165) is 42.3 Å². The van der Waals surface area contributed by atoms with Gasteiger partial charge in [-0.1, -0.05) is 11.8 Å². The Bertz CT molecular complexity index is 823. The van der Waals surface area contributed by atoms with E-state index >= 15 is 0 Å². The summed E-state index contributed by atoms with van der Waals surface area (Å²) in [5.74, 6) is 0.0192. The first-order valence-corrected chi connectivity index (χ1v) is 9.83. The first kappa shape index (κ1) is 15.2. The minimum Gasteiger partial charge on any atom is -0.352 e. The third-order valence-electron chi connectivity index (χ3n) is 4.38. The number of fused-ring (bicyclic) bond motifs is 3. The van der Waals surface area contributed by atoms with E-state index in [1.807, 2.05) is 6.92 Å². The van der Waals surface area contributed by atoms with Gasteiger partial charge in [-0.3, -0.25) is 9.59 Å². The number of carbonyl (C=O) groups is 1. The molecule has 1 amide bonds. The van der Waals surface area contributed by atoms with Crippen molar-refractivity contribution in [3.8, 4) is 0 Å². The van der Waals surface area contributed by atoms with Crippen LogP contribution in [0.5, 0.6) is 0 Å². The lowest BCUT2D eigenvalue weighted by Crippen LogP contribution is -2.32. The van der Waals surface area contributed by atoms with E-state index in [1.54, 1.807) is 11.3 Å². The highest BCUT2D eigenvalue weighted by Gasteiger charge is 2.27. The normalized spacial score (nSPS) is 18.7. The SMILES string of the molecule is CC(Sc1nc2sc3c(c2c(=O)[nH]1)CCCC3)C(=O)NC1CC1. The predicted molar refractivity (Wildman–Crippen MR) is 93.4 cm³/mol. The van der Waals surface area contributed by atoms with Gasteiger partial charge in [-0.2, -0.15) is 0 Å². The molecule has 0 aliphatic heterocycles. The Labute approximate surface area is 142 Å². The van der Waals surface area contributed by atoms with Gasteiger partial charge in [0.1, 0.15) is 4.83 Å². The van der Waals surface area contributed by atoms with Crippen molar-refractivity contribution >= 4 is 39.2 Å². The van der Waals surface area contributed by atoms with Gasteiger partial charge >= 0.3 is 0 Å². The highest BCUT2D eigenvalue weighted by atomic mass is 32.2. The molecule has 5 nitrogen and oxygen atoms in total. The van der Waals surface area contributed by atoms with Crippen molar-refractivity contribution in [3.63, 3.8) is 0 Å². The molecule has 4 rings (SSSR count). The summed E-state index contributed by atoms with van der Waals surface area (Å²) in [4.78, 5) is 34.1. The second kappa shape index (κ2) is 5.94. The van der Waals surface area contributed by atoms with Crippen molar-refractivity contribution < 1.29 is 4.79 Å². The molecule has 0 bridgehead atoms. The van der Waals surface area contributed by atoms with Crippen molar-refractivity contribution in [1.82, 2.24) is 15.3 Å². The van der Waals surface area contributed by atoms with Gasteiger partial charge in [-0.05, 0) is 51.0 Å². The Morgan fingerprint density at radius 3 is 2.96 bits per heavy atom. The van der Waals surface area contributed by atoms with Gasteiger partial charge in [0.05, 0.1) is 10.6 Å². The summed E-state index contributed by atoms with van der Waals surface area (Å²) in [6, 6.07) is 0.351. The molecule has 2 N–H and O–H groups in total. The van der Waals surface area contributed by atoms with Gasteiger partial charge in [0.15, 0.2) is 5.16 Å². The highest BCUT2D eigenvalue weighted by molar-refractivity contribution is 8.00. The molecular weight excluding hydrogens is 330 g/mol. The van der Waals surface area contributed by atoms with Crippen LogP contribution in [-0.2, 0) is 17.6 Å². The molecule has 2 aromatic heterocycles. The van der Waals surface area contributed by atoms with Gasteiger partial charge in [0, 0.05) is 10.9 Å². The second-order valence-electron chi connectivity index (χ2n) is 6.31. The molecule has 2 heterocycles. The van der Waals surface area contributed by atoms with Crippen LogP contribution in [0.25, 0.3) is 10.2 Å². The number of thiophene rings is 1. The lowest BCUT2D eigenvalue weighted by molar-refractivity contribution is -0.120. The molecule has 2 aliphatic rings. The van der Waals surface area contributed by atoms with E-state index in [0.29, 0.717) is 11.2 Å². The number of aromatic nitrogens is 2. The van der Waals surface area contributed by atoms with Crippen molar-refractivity contribution in [3.05, 3.63) is 20.8 Å². The Morgan fingerprint density at radius 1 is 1.39 bits per heavy atom. The number of amides is 1. The Hall–Kier alpha value is -1.34. The average molecular weight is 349 g/mol. The molecule has 1 unspecified atom stereocenters. The summed E-state index contributed by atoms with van der Waals surface area (Å²) in [7, 11) is 0.